The van der Waals surface area contributed by atoms with E-state index in [2.05, 4.69) is 18.3 Å². The first-order chi connectivity index (χ1) is 8.43. The molecule has 2 nitrogen and oxygen atoms in total. The molecular formula is C15H31BrN2. The van der Waals surface area contributed by atoms with E-state index < -0.39 is 0 Å². The molecule has 1 heterocycles. The van der Waals surface area contributed by atoms with Crippen molar-refractivity contribution in [3.63, 3.8) is 0 Å². The number of aliphatic imine (C=N–C) groups is 1. The van der Waals surface area contributed by atoms with E-state index in [0.29, 0.717) is 0 Å². The molecule has 1 N–H and O–H groups in total. The Morgan fingerprint density at radius 2 is 1.44 bits per heavy atom. The molecule has 3 heteroatoms. The standard InChI is InChI=1S/C15H30N2.BrH/c1-2-3-4-5-6-7-8-9-10-11-13-17-14-12-16-15-17;/h15H,2-14H2,1H3;1H. The highest BCUT2D eigenvalue weighted by molar-refractivity contribution is 5.44. The van der Waals surface area contributed by atoms with E-state index in [1.165, 1.54) is 77.3 Å². The number of rotatable bonds is 11. The summed E-state index contributed by atoms with van der Waals surface area (Å²) in [5.74, 6) is 0. The molecule has 0 amide bonds. The lowest BCUT2D eigenvalue weighted by molar-refractivity contribution is -0.791. The predicted octanol–water partition coefficient (Wildman–Crippen LogP) is -0.162. The first-order valence-electron chi connectivity index (χ1n) is 7.78. The van der Waals surface area contributed by atoms with Crippen molar-refractivity contribution >= 4 is 6.34 Å². The van der Waals surface area contributed by atoms with Crippen molar-refractivity contribution in [1.82, 2.24) is 0 Å². The summed E-state index contributed by atoms with van der Waals surface area (Å²) in [6.45, 7) is 5.87. The van der Waals surface area contributed by atoms with Crippen LogP contribution in [0.4, 0.5) is 0 Å². The predicted molar refractivity (Wildman–Crippen MR) is 75.9 cm³/mol. The molecule has 108 valence electrons. The van der Waals surface area contributed by atoms with Gasteiger partial charge in [0.15, 0.2) is 6.34 Å². The van der Waals surface area contributed by atoms with Gasteiger partial charge in [0.1, 0.15) is 6.54 Å². The van der Waals surface area contributed by atoms with Crippen LogP contribution in [0.15, 0.2) is 4.99 Å². The van der Waals surface area contributed by atoms with Crippen LogP contribution >= 0.6 is 0 Å². The van der Waals surface area contributed by atoms with Crippen molar-refractivity contribution in [3.8, 4) is 0 Å². The molecule has 1 aliphatic heterocycles. The molecule has 18 heavy (non-hydrogen) atoms. The maximum absolute atomic E-state index is 4.27. The summed E-state index contributed by atoms with van der Waals surface area (Å²) < 4.78 is 0. The van der Waals surface area contributed by atoms with Gasteiger partial charge in [-0.05, 0) is 12.8 Å². The number of halogens is 1. The molecule has 0 aromatic rings. The van der Waals surface area contributed by atoms with Crippen LogP contribution < -0.4 is 21.9 Å². The molecule has 1 atom stereocenters. The summed E-state index contributed by atoms with van der Waals surface area (Å²) in [6, 6.07) is 0. The fourth-order valence-corrected chi connectivity index (χ4v) is 2.50. The fraction of sp³-hybridized carbons (Fsp3) is 0.933. The Labute approximate surface area is 124 Å². The van der Waals surface area contributed by atoms with Gasteiger partial charge >= 0.3 is 0 Å². The molecule has 1 unspecified atom stereocenters. The molecule has 1 rings (SSSR count). The van der Waals surface area contributed by atoms with Crippen LogP contribution in [0, 0.1) is 0 Å². The summed E-state index contributed by atoms with van der Waals surface area (Å²) in [5.41, 5.74) is 0. The minimum atomic E-state index is 0. The summed E-state index contributed by atoms with van der Waals surface area (Å²) in [6.07, 6.45) is 16.4. The fourth-order valence-electron chi connectivity index (χ4n) is 2.50. The molecule has 0 aromatic carbocycles. The van der Waals surface area contributed by atoms with E-state index in [0.717, 1.165) is 6.54 Å². The lowest BCUT2D eigenvalue weighted by Crippen LogP contribution is -3.09. The lowest BCUT2D eigenvalue weighted by atomic mass is 10.1. The second-order valence-electron chi connectivity index (χ2n) is 5.38. The smallest absolute Gasteiger partial charge is 0.183 e. The molecule has 0 saturated heterocycles. The number of quaternary nitrogens is 1. The average molecular weight is 319 g/mol. The van der Waals surface area contributed by atoms with E-state index in [-0.39, 0.29) is 17.0 Å². The van der Waals surface area contributed by atoms with Crippen LogP contribution in [-0.4, -0.2) is 26.0 Å². The molecule has 0 fully saturated rings. The molecule has 0 aromatic heterocycles. The number of hydrogen-bond donors (Lipinski definition) is 1. The van der Waals surface area contributed by atoms with Crippen LogP contribution in [-0.2, 0) is 0 Å². The van der Waals surface area contributed by atoms with Crippen molar-refractivity contribution in [2.75, 3.05) is 19.6 Å². The Morgan fingerprint density at radius 1 is 0.889 bits per heavy atom. The normalized spacial score (nSPS) is 17.9. The minimum Gasteiger partial charge on any atom is -1.00 e. The number of nitrogens with one attached hydrogen (secondary N) is 1. The van der Waals surface area contributed by atoms with Crippen molar-refractivity contribution in [1.29, 1.82) is 0 Å². The summed E-state index contributed by atoms with van der Waals surface area (Å²) in [7, 11) is 0. The monoisotopic (exact) mass is 318 g/mol. The molecular weight excluding hydrogens is 288 g/mol. The van der Waals surface area contributed by atoms with E-state index >= 15 is 0 Å². The Bertz CT molecular complexity index is 195. The van der Waals surface area contributed by atoms with E-state index in [1.54, 1.807) is 4.90 Å². The number of hydrogen-bond acceptors (Lipinski definition) is 1. The molecule has 0 bridgehead atoms. The summed E-state index contributed by atoms with van der Waals surface area (Å²) >= 11 is 0. The Hall–Kier alpha value is 0.110. The summed E-state index contributed by atoms with van der Waals surface area (Å²) in [5, 5.41) is 0. The molecule has 1 aliphatic rings. The maximum atomic E-state index is 4.27. The highest BCUT2D eigenvalue weighted by atomic mass is 79.9. The average Bonchev–Trinajstić information content (AvgIpc) is 2.85. The van der Waals surface area contributed by atoms with Gasteiger partial charge < -0.3 is 17.0 Å². The third kappa shape index (κ3) is 10.1. The summed E-state index contributed by atoms with van der Waals surface area (Å²) in [4.78, 5) is 5.85. The van der Waals surface area contributed by atoms with Crippen LogP contribution in [0.1, 0.15) is 71.1 Å². The van der Waals surface area contributed by atoms with Gasteiger partial charge in [-0.1, -0.05) is 58.3 Å². The Balaban J connectivity index is 0.00000289. The van der Waals surface area contributed by atoms with Crippen LogP contribution in [0.2, 0.25) is 0 Å². The zero-order chi connectivity index (χ0) is 12.2. The van der Waals surface area contributed by atoms with Gasteiger partial charge in [-0.3, -0.25) is 4.90 Å². The van der Waals surface area contributed by atoms with Gasteiger partial charge in [0, 0.05) is 0 Å². The second-order valence-corrected chi connectivity index (χ2v) is 5.38. The number of nitrogens with zero attached hydrogens (tertiary/aromatic N) is 1. The molecule has 0 spiro atoms. The quantitative estimate of drug-likeness (QED) is 0.510. The van der Waals surface area contributed by atoms with Crippen LogP contribution in [0.3, 0.4) is 0 Å². The highest BCUT2D eigenvalue weighted by Gasteiger charge is 2.08. The van der Waals surface area contributed by atoms with E-state index in [4.69, 9.17) is 0 Å². The molecule has 0 saturated carbocycles. The second kappa shape index (κ2) is 13.5. The first-order valence-corrected chi connectivity index (χ1v) is 7.78. The SMILES string of the molecule is CCCCCCCCCCCC[NH+]1C=NCC1.[Br-]. The van der Waals surface area contributed by atoms with Crippen LogP contribution in [0.5, 0.6) is 0 Å². The van der Waals surface area contributed by atoms with Crippen molar-refractivity contribution in [2.45, 2.75) is 71.1 Å². The first kappa shape index (κ1) is 18.1. The lowest BCUT2D eigenvalue weighted by Gasteiger charge is -2.07. The third-order valence-electron chi connectivity index (χ3n) is 3.69. The van der Waals surface area contributed by atoms with Crippen molar-refractivity contribution in [3.05, 3.63) is 0 Å². The zero-order valence-corrected chi connectivity index (χ0v) is 13.7. The van der Waals surface area contributed by atoms with E-state index in [9.17, 15) is 0 Å². The molecule has 0 radical (unpaired) electrons. The zero-order valence-electron chi connectivity index (χ0n) is 12.1. The maximum Gasteiger partial charge on any atom is 0.183 e. The topological polar surface area (TPSA) is 16.8 Å². The Kier molecular flexibility index (Phi) is 13.6. The van der Waals surface area contributed by atoms with Crippen molar-refractivity contribution in [2.24, 2.45) is 4.99 Å². The largest absolute Gasteiger partial charge is 1.00 e. The number of unbranched alkanes of at least 4 members (excludes halogenated alkanes) is 9. The van der Waals surface area contributed by atoms with Gasteiger partial charge in [0.05, 0.1) is 13.1 Å². The van der Waals surface area contributed by atoms with Gasteiger partial charge in [-0.2, -0.15) is 0 Å². The molecule has 0 aliphatic carbocycles. The Morgan fingerprint density at radius 3 is 1.94 bits per heavy atom. The van der Waals surface area contributed by atoms with E-state index in [1.807, 2.05) is 0 Å². The van der Waals surface area contributed by atoms with Gasteiger partial charge in [-0.15, -0.1) is 0 Å². The van der Waals surface area contributed by atoms with Crippen LogP contribution in [0.25, 0.3) is 0 Å². The minimum absolute atomic E-state index is 0. The van der Waals surface area contributed by atoms with Gasteiger partial charge in [0.2, 0.25) is 0 Å². The van der Waals surface area contributed by atoms with Gasteiger partial charge in [-0.25, -0.2) is 4.99 Å². The van der Waals surface area contributed by atoms with Gasteiger partial charge in [0.25, 0.3) is 0 Å². The van der Waals surface area contributed by atoms with Crippen molar-refractivity contribution < 1.29 is 21.9 Å². The third-order valence-corrected chi connectivity index (χ3v) is 3.69. The highest BCUT2D eigenvalue weighted by Crippen LogP contribution is 2.09.